The molecule has 2 heteroatoms. The third kappa shape index (κ3) is 4.49. The highest BCUT2D eigenvalue weighted by molar-refractivity contribution is 5.22. The summed E-state index contributed by atoms with van der Waals surface area (Å²) < 4.78 is 0. The van der Waals surface area contributed by atoms with Crippen molar-refractivity contribution in [1.29, 1.82) is 0 Å². The number of aliphatic hydroxyl groups is 2. The second-order valence-electron chi connectivity index (χ2n) is 13.9. The van der Waals surface area contributed by atoms with Crippen LogP contribution in [-0.4, -0.2) is 21.9 Å². The average molecular weight is 445 g/mol. The van der Waals surface area contributed by atoms with Crippen molar-refractivity contribution in [2.24, 2.45) is 46.3 Å². The maximum absolute atomic E-state index is 10.9. The number of fused-ring (bicyclic) bond motifs is 5. The molecule has 3 saturated carbocycles. The van der Waals surface area contributed by atoms with Gasteiger partial charge in [-0.05, 0) is 111 Å². The SMILES string of the molecule is CC[C@]1(O)CC[C@H]2C(=CC[C@@H]3[C@@H]2CC[C@]2(C)[C@@H](C(C)CCC[C@@H](O)C(C)(C)C)CC[C@@H]32)C1. The lowest BCUT2D eigenvalue weighted by Gasteiger charge is -2.55. The molecular formula is C30H52O2. The predicted molar refractivity (Wildman–Crippen MR) is 134 cm³/mol. The fraction of sp³-hybridized carbons (Fsp3) is 0.933. The number of aliphatic hydroxyl groups excluding tert-OH is 1. The summed E-state index contributed by atoms with van der Waals surface area (Å²) >= 11 is 0. The first-order valence-corrected chi connectivity index (χ1v) is 14.1. The lowest BCUT2D eigenvalue weighted by atomic mass is 9.50. The van der Waals surface area contributed by atoms with Crippen LogP contribution in [0.5, 0.6) is 0 Å². The zero-order chi connectivity index (χ0) is 23.3. The highest BCUT2D eigenvalue weighted by Crippen LogP contribution is 2.65. The van der Waals surface area contributed by atoms with E-state index in [-0.39, 0.29) is 11.5 Å². The number of rotatable bonds is 6. The summed E-state index contributed by atoms with van der Waals surface area (Å²) in [5.41, 5.74) is 1.72. The number of hydrogen-bond donors (Lipinski definition) is 2. The van der Waals surface area contributed by atoms with Crippen LogP contribution in [0.4, 0.5) is 0 Å². The van der Waals surface area contributed by atoms with Crippen molar-refractivity contribution in [1.82, 2.24) is 0 Å². The predicted octanol–water partition coefficient (Wildman–Crippen LogP) is 7.53. The van der Waals surface area contributed by atoms with Crippen molar-refractivity contribution in [3.63, 3.8) is 0 Å². The van der Waals surface area contributed by atoms with Gasteiger partial charge in [-0.1, -0.05) is 66.0 Å². The van der Waals surface area contributed by atoms with Gasteiger partial charge in [0, 0.05) is 0 Å². The minimum atomic E-state index is -0.424. The molecule has 0 radical (unpaired) electrons. The smallest absolute Gasteiger partial charge is 0.0682 e. The lowest BCUT2D eigenvalue weighted by molar-refractivity contribution is -0.0462. The van der Waals surface area contributed by atoms with Crippen LogP contribution < -0.4 is 0 Å². The van der Waals surface area contributed by atoms with Crippen LogP contribution in [0.25, 0.3) is 0 Å². The third-order valence-electron chi connectivity index (χ3n) is 11.1. The van der Waals surface area contributed by atoms with Crippen LogP contribution in [0.2, 0.25) is 0 Å². The van der Waals surface area contributed by atoms with E-state index in [1.165, 1.54) is 44.9 Å². The third-order valence-corrected chi connectivity index (χ3v) is 11.1. The Morgan fingerprint density at radius 2 is 1.81 bits per heavy atom. The molecule has 0 bridgehead atoms. The Balaban J connectivity index is 1.40. The highest BCUT2D eigenvalue weighted by Gasteiger charge is 2.57. The largest absolute Gasteiger partial charge is 0.393 e. The minimum absolute atomic E-state index is 0.00530. The number of hydrogen-bond acceptors (Lipinski definition) is 2. The fourth-order valence-corrected chi connectivity index (χ4v) is 8.91. The molecular weight excluding hydrogens is 392 g/mol. The van der Waals surface area contributed by atoms with Crippen LogP contribution in [0.3, 0.4) is 0 Å². The average Bonchev–Trinajstić information content (AvgIpc) is 3.09. The van der Waals surface area contributed by atoms with Gasteiger partial charge in [-0.15, -0.1) is 0 Å². The van der Waals surface area contributed by atoms with Crippen LogP contribution in [0.1, 0.15) is 119 Å². The van der Waals surface area contributed by atoms with Gasteiger partial charge in [0.05, 0.1) is 11.7 Å². The summed E-state index contributed by atoms with van der Waals surface area (Å²) in [6.07, 6.45) is 16.8. The normalized spacial score (nSPS) is 43.6. The van der Waals surface area contributed by atoms with Crippen LogP contribution in [-0.2, 0) is 0 Å². The molecule has 0 heterocycles. The quantitative estimate of drug-likeness (QED) is 0.416. The van der Waals surface area contributed by atoms with Gasteiger partial charge in [-0.3, -0.25) is 0 Å². The Bertz CT molecular complexity index is 689. The Hall–Kier alpha value is -0.340. The molecule has 0 aromatic heterocycles. The summed E-state index contributed by atoms with van der Waals surface area (Å²) in [6, 6.07) is 0. The molecule has 1 unspecified atom stereocenters. The maximum Gasteiger partial charge on any atom is 0.0682 e. The van der Waals surface area contributed by atoms with Crippen molar-refractivity contribution >= 4 is 0 Å². The molecule has 3 fully saturated rings. The molecule has 4 rings (SSSR count). The van der Waals surface area contributed by atoms with Gasteiger partial charge in [0.2, 0.25) is 0 Å². The second kappa shape index (κ2) is 9.03. The van der Waals surface area contributed by atoms with Crippen molar-refractivity contribution < 1.29 is 10.2 Å². The van der Waals surface area contributed by atoms with Crippen molar-refractivity contribution in [2.75, 3.05) is 0 Å². The molecule has 0 amide bonds. The van der Waals surface area contributed by atoms with Gasteiger partial charge in [0.15, 0.2) is 0 Å². The molecule has 0 spiro atoms. The van der Waals surface area contributed by atoms with Gasteiger partial charge < -0.3 is 10.2 Å². The molecule has 4 aliphatic carbocycles. The summed E-state index contributed by atoms with van der Waals surface area (Å²) in [6.45, 7) is 13.8. The summed E-state index contributed by atoms with van der Waals surface area (Å²) in [7, 11) is 0. The molecule has 2 N–H and O–H groups in total. The Labute approximate surface area is 198 Å². The van der Waals surface area contributed by atoms with E-state index in [1.54, 1.807) is 5.57 Å². The molecule has 9 atom stereocenters. The molecule has 0 saturated heterocycles. The molecule has 32 heavy (non-hydrogen) atoms. The monoisotopic (exact) mass is 444 g/mol. The van der Waals surface area contributed by atoms with Gasteiger partial charge >= 0.3 is 0 Å². The van der Waals surface area contributed by atoms with Crippen molar-refractivity contribution in [3.8, 4) is 0 Å². The van der Waals surface area contributed by atoms with Gasteiger partial charge in [0.1, 0.15) is 0 Å². The fourth-order valence-electron chi connectivity index (χ4n) is 8.91. The number of allylic oxidation sites excluding steroid dienone is 1. The zero-order valence-corrected chi connectivity index (χ0v) is 22.0. The van der Waals surface area contributed by atoms with Crippen LogP contribution in [0, 0.1) is 46.3 Å². The van der Waals surface area contributed by atoms with Crippen LogP contribution in [0.15, 0.2) is 11.6 Å². The van der Waals surface area contributed by atoms with E-state index in [4.69, 9.17) is 0 Å². The highest BCUT2D eigenvalue weighted by atomic mass is 16.3. The van der Waals surface area contributed by atoms with Crippen molar-refractivity contribution in [2.45, 2.75) is 130 Å². The molecule has 4 aliphatic rings. The van der Waals surface area contributed by atoms with Gasteiger partial charge in [-0.2, -0.15) is 0 Å². The molecule has 0 aromatic rings. The summed E-state index contributed by atoms with van der Waals surface area (Å²) in [4.78, 5) is 0. The second-order valence-corrected chi connectivity index (χ2v) is 13.9. The zero-order valence-electron chi connectivity index (χ0n) is 22.0. The Morgan fingerprint density at radius 1 is 1.06 bits per heavy atom. The summed E-state index contributed by atoms with van der Waals surface area (Å²) in [5.74, 6) is 5.07. The Kier molecular flexibility index (Phi) is 6.99. The first-order valence-electron chi connectivity index (χ1n) is 14.1. The first-order chi connectivity index (χ1) is 15.0. The first kappa shape index (κ1) is 24.8. The van der Waals surface area contributed by atoms with E-state index in [9.17, 15) is 10.2 Å². The topological polar surface area (TPSA) is 40.5 Å². The van der Waals surface area contributed by atoms with Gasteiger partial charge in [-0.25, -0.2) is 0 Å². The molecule has 2 nitrogen and oxygen atoms in total. The van der Waals surface area contributed by atoms with Crippen LogP contribution >= 0.6 is 0 Å². The van der Waals surface area contributed by atoms with Crippen molar-refractivity contribution in [3.05, 3.63) is 11.6 Å². The van der Waals surface area contributed by atoms with E-state index < -0.39 is 5.60 Å². The van der Waals surface area contributed by atoms with E-state index in [0.717, 1.165) is 67.6 Å². The van der Waals surface area contributed by atoms with E-state index in [0.29, 0.717) is 5.41 Å². The minimum Gasteiger partial charge on any atom is -0.393 e. The van der Waals surface area contributed by atoms with E-state index in [2.05, 4.69) is 47.6 Å². The lowest BCUT2D eigenvalue weighted by Crippen LogP contribution is -2.48. The van der Waals surface area contributed by atoms with E-state index >= 15 is 0 Å². The molecule has 184 valence electrons. The maximum atomic E-state index is 10.9. The summed E-state index contributed by atoms with van der Waals surface area (Å²) in [5, 5.41) is 21.3. The van der Waals surface area contributed by atoms with Gasteiger partial charge in [0.25, 0.3) is 0 Å². The van der Waals surface area contributed by atoms with E-state index in [1.807, 2.05) is 0 Å². The molecule has 0 aliphatic heterocycles. The molecule has 0 aromatic carbocycles. The standard InChI is InChI=1S/C30H52O2/c1-7-30(32)18-16-22-21(19-30)11-12-24-23(22)15-17-29(6)25(13-14-26(24)29)20(2)9-8-10-27(31)28(3,4)5/h11,20,22-27,31-32H,7-10,12-19H2,1-6H3/t20?,22-,23+,24+,25+,26-,27+,29+,30-/m0/s1. The Morgan fingerprint density at radius 3 is 2.50 bits per heavy atom.